The van der Waals surface area contributed by atoms with Crippen LogP contribution in [0.4, 0.5) is 8.78 Å². The zero-order valence-electron chi connectivity index (χ0n) is 10.7. The summed E-state index contributed by atoms with van der Waals surface area (Å²) in [6, 6.07) is 5.42. The fourth-order valence-electron chi connectivity index (χ4n) is 2.08. The Labute approximate surface area is 116 Å². The van der Waals surface area contributed by atoms with E-state index in [1.54, 1.807) is 0 Å². The van der Waals surface area contributed by atoms with Crippen molar-refractivity contribution < 1.29 is 21.9 Å². The molecule has 1 aromatic carbocycles. The van der Waals surface area contributed by atoms with Gasteiger partial charge in [-0.2, -0.15) is 8.78 Å². The molecule has 1 heterocycles. The predicted octanol–water partition coefficient (Wildman–Crippen LogP) is 1.32. The molecule has 1 unspecified atom stereocenters. The van der Waals surface area contributed by atoms with Crippen molar-refractivity contribution in [3.05, 3.63) is 24.3 Å². The van der Waals surface area contributed by atoms with Crippen LogP contribution in [-0.4, -0.2) is 34.2 Å². The Kier molecular flexibility index (Phi) is 4.90. The largest absolute Gasteiger partial charge is 0.433 e. The van der Waals surface area contributed by atoms with Crippen molar-refractivity contribution in [3.8, 4) is 5.75 Å². The summed E-state index contributed by atoms with van der Waals surface area (Å²) in [7, 11) is -3.87. The Morgan fingerprint density at radius 2 is 2.15 bits per heavy atom. The molecule has 1 fully saturated rings. The molecular weight excluding hydrogens is 290 g/mol. The van der Waals surface area contributed by atoms with Gasteiger partial charge in [-0.25, -0.2) is 13.1 Å². The molecule has 0 saturated carbocycles. The molecule has 8 heteroatoms. The van der Waals surface area contributed by atoms with Gasteiger partial charge in [-0.05, 0) is 31.5 Å². The summed E-state index contributed by atoms with van der Waals surface area (Å²) in [4.78, 5) is -0.279. The first-order chi connectivity index (χ1) is 9.49. The number of ether oxygens (including phenoxy) is 1. The number of hydrogen-bond acceptors (Lipinski definition) is 4. The molecule has 2 rings (SSSR count). The number of para-hydroxylation sites is 1. The second kappa shape index (κ2) is 6.47. The first-order valence-corrected chi connectivity index (χ1v) is 7.74. The summed E-state index contributed by atoms with van der Waals surface area (Å²) in [5.41, 5.74) is 0. The maximum Gasteiger partial charge on any atom is 0.387 e. The molecule has 0 spiro atoms. The minimum absolute atomic E-state index is 0.0768. The molecule has 112 valence electrons. The molecule has 1 atom stereocenters. The lowest BCUT2D eigenvalue weighted by Gasteiger charge is -2.14. The van der Waals surface area contributed by atoms with Crippen LogP contribution in [0.2, 0.25) is 0 Å². The van der Waals surface area contributed by atoms with Crippen LogP contribution in [0.25, 0.3) is 0 Å². The van der Waals surface area contributed by atoms with E-state index in [1.807, 2.05) is 0 Å². The first-order valence-electron chi connectivity index (χ1n) is 6.26. The number of alkyl halides is 2. The molecule has 2 N–H and O–H groups in total. The number of hydrogen-bond donors (Lipinski definition) is 2. The number of benzene rings is 1. The van der Waals surface area contributed by atoms with Gasteiger partial charge in [0.2, 0.25) is 10.0 Å². The second-order valence-electron chi connectivity index (χ2n) is 4.47. The summed E-state index contributed by atoms with van der Waals surface area (Å²) in [6.45, 7) is -1.98. The van der Waals surface area contributed by atoms with E-state index in [0.717, 1.165) is 19.4 Å². The Hall–Kier alpha value is -1.25. The molecule has 1 aliphatic rings. The molecule has 0 aliphatic carbocycles. The summed E-state index contributed by atoms with van der Waals surface area (Å²) in [5.74, 6) is -0.352. The summed E-state index contributed by atoms with van der Waals surface area (Å²) in [5, 5.41) is 3.15. The molecule has 0 radical (unpaired) electrons. The van der Waals surface area contributed by atoms with E-state index < -0.39 is 16.6 Å². The van der Waals surface area contributed by atoms with E-state index in [-0.39, 0.29) is 23.2 Å². The smallest absolute Gasteiger partial charge is 0.387 e. The number of sulfonamides is 1. The molecule has 20 heavy (non-hydrogen) atoms. The van der Waals surface area contributed by atoms with Crippen LogP contribution >= 0.6 is 0 Å². The van der Waals surface area contributed by atoms with Crippen LogP contribution in [0.15, 0.2) is 29.2 Å². The monoisotopic (exact) mass is 306 g/mol. The lowest BCUT2D eigenvalue weighted by atomic mass is 10.2. The third-order valence-electron chi connectivity index (χ3n) is 3.04. The quantitative estimate of drug-likeness (QED) is 0.832. The van der Waals surface area contributed by atoms with Gasteiger partial charge in [0.25, 0.3) is 0 Å². The van der Waals surface area contributed by atoms with E-state index >= 15 is 0 Å². The predicted molar refractivity (Wildman–Crippen MR) is 69.3 cm³/mol. The Morgan fingerprint density at radius 1 is 1.40 bits per heavy atom. The zero-order chi connectivity index (χ0) is 14.6. The van der Waals surface area contributed by atoms with Crippen LogP contribution in [0.5, 0.6) is 5.75 Å². The van der Waals surface area contributed by atoms with Gasteiger partial charge in [0, 0.05) is 12.6 Å². The zero-order valence-corrected chi connectivity index (χ0v) is 11.5. The van der Waals surface area contributed by atoms with Gasteiger partial charge in [-0.15, -0.1) is 0 Å². The number of rotatable bonds is 6. The highest BCUT2D eigenvalue weighted by atomic mass is 32.2. The molecule has 1 aromatic rings. The highest BCUT2D eigenvalue weighted by Crippen LogP contribution is 2.24. The average molecular weight is 306 g/mol. The van der Waals surface area contributed by atoms with Crippen LogP contribution in [0, 0.1) is 0 Å². The number of nitrogens with one attached hydrogen (secondary N) is 2. The Bertz CT molecular complexity index is 545. The van der Waals surface area contributed by atoms with Crippen LogP contribution < -0.4 is 14.8 Å². The molecular formula is C12H16F2N2O3S. The highest BCUT2D eigenvalue weighted by Gasteiger charge is 2.23. The van der Waals surface area contributed by atoms with Gasteiger partial charge in [0.15, 0.2) is 0 Å². The summed E-state index contributed by atoms with van der Waals surface area (Å²) < 4.78 is 55.5. The second-order valence-corrected chi connectivity index (χ2v) is 6.21. The van der Waals surface area contributed by atoms with Crippen LogP contribution in [0.1, 0.15) is 12.8 Å². The van der Waals surface area contributed by atoms with Gasteiger partial charge in [0.1, 0.15) is 10.6 Å². The molecule has 1 saturated heterocycles. The molecule has 5 nitrogen and oxygen atoms in total. The summed E-state index contributed by atoms with van der Waals surface area (Å²) in [6.07, 6.45) is 1.88. The van der Waals surface area contributed by atoms with Gasteiger partial charge >= 0.3 is 6.61 Å². The van der Waals surface area contributed by atoms with E-state index in [0.29, 0.717) is 0 Å². The topological polar surface area (TPSA) is 67.4 Å². The summed E-state index contributed by atoms with van der Waals surface area (Å²) >= 11 is 0. The Balaban J connectivity index is 2.11. The van der Waals surface area contributed by atoms with E-state index in [4.69, 9.17) is 0 Å². The molecule has 0 bridgehead atoms. The van der Waals surface area contributed by atoms with Crippen LogP contribution in [-0.2, 0) is 10.0 Å². The average Bonchev–Trinajstić information content (AvgIpc) is 2.89. The minimum atomic E-state index is -3.87. The van der Waals surface area contributed by atoms with E-state index in [1.165, 1.54) is 24.3 Å². The van der Waals surface area contributed by atoms with Crippen molar-refractivity contribution >= 4 is 10.0 Å². The molecule has 0 amide bonds. The SMILES string of the molecule is O=S(=O)(NCC1CCCN1)c1ccccc1OC(F)F. The third kappa shape index (κ3) is 3.87. The standard InChI is InChI=1S/C12H16F2N2O3S/c13-12(14)19-10-5-1-2-6-11(10)20(17,18)16-8-9-4-3-7-15-9/h1-2,5-6,9,12,15-16H,3-4,7-8H2. The van der Waals surface area contributed by atoms with Crippen molar-refractivity contribution in [3.63, 3.8) is 0 Å². The van der Waals surface area contributed by atoms with Crippen molar-refractivity contribution in [1.29, 1.82) is 0 Å². The highest BCUT2D eigenvalue weighted by molar-refractivity contribution is 7.89. The lowest BCUT2D eigenvalue weighted by molar-refractivity contribution is -0.0517. The molecule has 1 aliphatic heterocycles. The van der Waals surface area contributed by atoms with Crippen molar-refractivity contribution in [2.24, 2.45) is 0 Å². The number of halogens is 2. The van der Waals surface area contributed by atoms with Gasteiger partial charge in [-0.1, -0.05) is 12.1 Å². The third-order valence-corrected chi connectivity index (χ3v) is 4.50. The van der Waals surface area contributed by atoms with E-state index in [9.17, 15) is 17.2 Å². The van der Waals surface area contributed by atoms with Gasteiger partial charge < -0.3 is 10.1 Å². The fourth-order valence-corrected chi connectivity index (χ4v) is 3.30. The van der Waals surface area contributed by atoms with Crippen molar-refractivity contribution in [1.82, 2.24) is 10.0 Å². The molecule has 0 aromatic heterocycles. The van der Waals surface area contributed by atoms with Gasteiger partial charge in [0.05, 0.1) is 0 Å². The van der Waals surface area contributed by atoms with Crippen molar-refractivity contribution in [2.75, 3.05) is 13.1 Å². The minimum Gasteiger partial charge on any atom is -0.433 e. The lowest BCUT2D eigenvalue weighted by Crippen LogP contribution is -2.37. The van der Waals surface area contributed by atoms with E-state index in [2.05, 4.69) is 14.8 Å². The maximum atomic E-state index is 12.3. The van der Waals surface area contributed by atoms with Crippen LogP contribution in [0.3, 0.4) is 0 Å². The first kappa shape index (κ1) is 15.1. The maximum absolute atomic E-state index is 12.3. The fraction of sp³-hybridized carbons (Fsp3) is 0.500. The van der Waals surface area contributed by atoms with Crippen molar-refractivity contribution in [2.45, 2.75) is 30.4 Å². The Morgan fingerprint density at radius 3 is 2.80 bits per heavy atom. The normalized spacial score (nSPS) is 19.4. The van der Waals surface area contributed by atoms with Gasteiger partial charge in [-0.3, -0.25) is 0 Å².